The number of benzene rings is 2. The van der Waals surface area contributed by atoms with E-state index in [-0.39, 0.29) is 12.7 Å². The molecule has 0 aliphatic rings. The van der Waals surface area contributed by atoms with Crippen LogP contribution in [0.1, 0.15) is 23.2 Å². The maximum absolute atomic E-state index is 10.5. The largest absolute Gasteiger partial charge is 0.480 e. The van der Waals surface area contributed by atoms with Crippen molar-refractivity contribution in [3.63, 3.8) is 0 Å². The standard InChI is InChI=1S/C13H10O.C5H12N2O2.C2H5NO2.H3N/c14-10-11-6-8-13(9-7-11)12-4-2-1-3-5-12;6-3-1-2-4(7)5(8)9;3-1-2(4)5;/h1-10H;4H,1-3,6-7H2,(H,8,9);1,3H2,(H,4,5);1H3/t;4-;;/m.1../s1. The lowest BCUT2D eigenvalue weighted by molar-refractivity contribution is -0.138. The average Bonchev–Trinajstić information content (AvgIpc) is 2.73. The number of carbonyl (C=O) groups excluding carboxylic acids is 1. The minimum atomic E-state index is -0.968. The first-order chi connectivity index (χ1) is 13.3. The summed E-state index contributed by atoms with van der Waals surface area (Å²) in [6.07, 6.45) is 1.99. The van der Waals surface area contributed by atoms with Gasteiger partial charge >= 0.3 is 11.9 Å². The van der Waals surface area contributed by atoms with Gasteiger partial charge in [-0.1, -0.05) is 54.6 Å². The van der Waals surface area contributed by atoms with E-state index in [2.05, 4.69) is 17.9 Å². The fourth-order valence-corrected chi connectivity index (χ4v) is 1.85. The topological polar surface area (TPSA) is 205 Å². The van der Waals surface area contributed by atoms with Gasteiger partial charge in [0.05, 0.1) is 6.54 Å². The van der Waals surface area contributed by atoms with Crippen molar-refractivity contribution in [2.75, 3.05) is 13.1 Å². The minimum absolute atomic E-state index is 0. The number of carboxylic acids is 2. The van der Waals surface area contributed by atoms with Gasteiger partial charge in [-0.25, -0.2) is 0 Å². The van der Waals surface area contributed by atoms with E-state index in [4.69, 9.17) is 21.7 Å². The second-order valence-electron chi connectivity index (χ2n) is 5.58. The summed E-state index contributed by atoms with van der Waals surface area (Å²) in [5, 5.41) is 15.8. The Morgan fingerprint density at radius 3 is 1.79 bits per heavy atom. The van der Waals surface area contributed by atoms with Crippen molar-refractivity contribution in [3.05, 3.63) is 60.2 Å². The van der Waals surface area contributed by atoms with Gasteiger partial charge in [0.15, 0.2) is 0 Å². The minimum Gasteiger partial charge on any atom is -0.480 e. The second-order valence-corrected chi connectivity index (χ2v) is 5.58. The summed E-state index contributed by atoms with van der Waals surface area (Å²) in [7, 11) is 0. The monoisotopic (exact) mass is 406 g/mol. The average molecular weight is 406 g/mol. The van der Waals surface area contributed by atoms with Gasteiger partial charge in [-0.15, -0.1) is 0 Å². The predicted molar refractivity (Wildman–Crippen MR) is 113 cm³/mol. The second kappa shape index (κ2) is 17.0. The van der Waals surface area contributed by atoms with Gasteiger partial charge < -0.3 is 33.6 Å². The summed E-state index contributed by atoms with van der Waals surface area (Å²) >= 11 is 0. The number of hydrogen-bond acceptors (Lipinski definition) is 7. The molecule has 0 aliphatic heterocycles. The molecular formula is C20H30N4O5. The highest BCUT2D eigenvalue weighted by Gasteiger charge is 2.08. The van der Waals surface area contributed by atoms with Crippen LogP contribution in [0, 0.1) is 0 Å². The zero-order valence-corrected chi connectivity index (χ0v) is 16.2. The third-order valence-corrected chi connectivity index (χ3v) is 3.36. The molecule has 0 saturated carbocycles. The summed E-state index contributed by atoms with van der Waals surface area (Å²) in [4.78, 5) is 29.7. The van der Waals surface area contributed by atoms with Crippen LogP contribution in [0.2, 0.25) is 0 Å². The van der Waals surface area contributed by atoms with E-state index in [1.54, 1.807) is 0 Å². The number of rotatable bonds is 7. The van der Waals surface area contributed by atoms with Crippen LogP contribution in [-0.4, -0.2) is 47.6 Å². The molecule has 9 nitrogen and oxygen atoms in total. The number of aliphatic carboxylic acids is 2. The Kier molecular flexibility index (Phi) is 16.5. The Balaban J connectivity index is 0. The van der Waals surface area contributed by atoms with Crippen LogP contribution in [0.3, 0.4) is 0 Å². The van der Waals surface area contributed by atoms with Crippen molar-refractivity contribution in [1.82, 2.24) is 6.15 Å². The quantitative estimate of drug-likeness (QED) is 0.368. The molecule has 0 aromatic heterocycles. The lowest BCUT2D eigenvalue weighted by Gasteiger charge is -2.02. The number of nitrogens with two attached hydrogens (primary N) is 3. The van der Waals surface area contributed by atoms with Crippen molar-refractivity contribution >= 4 is 18.2 Å². The molecule has 11 N–H and O–H groups in total. The lowest BCUT2D eigenvalue weighted by Crippen LogP contribution is -2.30. The third kappa shape index (κ3) is 13.7. The first-order valence-electron chi connectivity index (χ1n) is 8.56. The summed E-state index contributed by atoms with van der Waals surface area (Å²) < 4.78 is 0. The Labute approximate surface area is 170 Å². The van der Waals surface area contributed by atoms with Gasteiger partial charge in [-0.05, 0) is 30.5 Å². The molecule has 0 aliphatic carbocycles. The van der Waals surface area contributed by atoms with Gasteiger partial charge in [0.2, 0.25) is 0 Å². The van der Waals surface area contributed by atoms with Crippen molar-refractivity contribution in [2.24, 2.45) is 17.2 Å². The van der Waals surface area contributed by atoms with Crippen molar-refractivity contribution in [3.8, 4) is 11.1 Å². The Hall–Kier alpha value is -3.11. The molecular weight excluding hydrogens is 376 g/mol. The molecule has 2 aromatic rings. The van der Waals surface area contributed by atoms with Crippen molar-refractivity contribution in [1.29, 1.82) is 0 Å². The Bertz CT molecular complexity index is 709. The molecule has 2 aromatic carbocycles. The van der Waals surface area contributed by atoms with Gasteiger partial charge in [0.25, 0.3) is 0 Å². The Morgan fingerprint density at radius 1 is 0.931 bits per heavy atom. The summed E-state index contributed by atoms with van der Waals surface area (Å²) in [5.41, 5.74) is 17.9. The van der Waals surface area contributed by atoms with Crippen LogP contribution in [0.15, 0.2) is 54.6 Å². The molecule has 9 heteroatoms. The number of aldehydes is 1. The molecule has 2 rings (SSSR count). The number of carboxylic acid groups (broad SMARTS) is 2. The molecule has 1 atom stereocenters. The first-order valence-corrected chi connectivity index (χ1v) is 8.56. The fraction of sp³-hybridized carbons (Fsp3) is 0.250. The van der Waals surface area contributed by atoms with E-state index in [1.807, 2.05) is 42.5 Å². The maximum atomic E-state index is 10.5. The summed E-state index contributed by atoms with van der Waals surface area (Å²) in [5.74, 6) is -1.92. The lowest BCUT2D eigenvalue weighted by atomic mass is 10.0. The molecule has 29 heavy (non-hydrogen) atoms. The highest BCUT2D eigenvalue weighted by molar-refractivity contribution is 5.76. The number of hydrogen-bond donors (Lipinski definition) is 6. The van der Waals surface area contributed by atoms with E-state index >= 15 is 0 Å². The zero-order valence-electron chi connectivity index (χ0n) is 16.2. The molecule has 0 spiro atoms. The fourth-order valence-electron chi connectivity index (χ4n) is 1.85. The molecule has 0 amide bonds. The van der Waals surface area contributed by atoms with E-state index in [0.29, 0.717) is 24.9 Å². The Morgan fingerprint density at radius 2 is 1.41 bits per heavy atom. The van der Waals surface area contributed by atoms with Gasteiger partial charge in [-0.3, -0.25) is 14.4 Å². The van der Waals surface area contributed by atoms with Crippen molar-refractivity contribution in [2.45, 2.75) is 18.9 Å². The van der Waals surface area contributed by atoms with Gasteiger partial charge in [0.1, 0.15) is 12.3 Å². The first kappa shape index (κ1) is 28.1. The van der Waals surface area contributed by atoms with Gasteiger partial charge in [-0.2, -0.15) is 0 Å². The smallest absolute Gasteiger partial charge is 0.320 e. The van der Waals surface area contributed by atoms with Crippen LogP contribution in [0.4, 0.5) is 0 Å². The molecule has 0 unspecified atom stereocenters. The number of carbonyl (C=O) groups is 3. The molecule has 0 bridgehead atoms. The van der Waals surface area contributed by atoms with Gasteiger partial charge in [0, 0.05) is 5.56 Å². The van der Waals surface area contributed by atoms with Crippen LogP contribution in [-0.2, 0) is 9.59 Å². The molecule has 0 saturated heterocycles. The SMILES string of the molecule is N.NCC(=O)O.NCCC[C@@H](N)C(=O)O.O=Cc1ccc(-c2ccccc2)cc1. The normalized spacial score (nSPS) is 10.0. The summed E-state index contributed by atoms with van der Waals surface area (Å²) in [6.45, 7) is 0.223. The van der Waals surface area contributed by atoms with Crippen LogP contribution < -0.4 is 23.4 Å². The van der Waals surface area contributed by atoms with Crippen molar-refractivity contribution < 1.29 is 24.6 Å². The summed E-state index contributed by atoms with van der Waals surface area (Å²) in [6, 6.07) is 16.9. The molecule has 0 heterocycles. The molecule has 0 radical (unpaired) electrons. The highest BCUT2D eigenvalue weighted by atomic mass is 16.4. The zero-order chi connectivity index (χ0) is 21.4. The maximum Gasteiger partial charge on any atom is 0.320 e. The molecule has 0 fully saturated rings. The highest BCUT2D eigenvalue weighted by Crippen LogP contribution is 2.18. The van der Waals surface area contributed by atoms with Crippen LogP contribution >= 0.6 is 0 Å². The van der Waals surface area contributed by atoms with E-state index in [0.717, 1.165) is 11.8 Å². The molecule has 160 valence electrons. The third-order valence-electron chi connectivity index (χ3n) is 3.36. The van der Waals surface area contributed by atoms with Crippen LogP contribution in [0.25, 0.3) is 11.1 Å². The van der Waals surface area contributed by atoms with E-state index in [9.17, 15) is 14.4 Å². The van der Waals surface area contributed by atoms with E-state index < -0.39 is 18.0 Å². The van der Waals surface area contributed by atoms with Crippen LogP contribution in [0.5, 0.6) is 0 Å². The predicted octanol–water partition coefficient (Wildman–Crippen LogP) is 1.50. The van der Waals surface area contributed by atoms with E-state index in [1.165, 1.54) is 5.56 Å².